The quantitative estimate of drug-likeness (QED) is 0.328. The Balaban J connectivity index is 2.30. The molecule has 0 saturated carbocycles. The molecule has 30 heavy (non-hydrogen) atoms. The van der Waals surface area contributed by atoms with Crippen LogP contribution in [-0.2, 0) is 25.5 Å². The molecule has 2 aromatic carbocycles. The fraction of sp³-hybridized carbons (Fsp3) is 0.304. The lowest BCUT2D eigenvalue weighted by atomic mass is 9.91. The molecule has 0 saturated heterocycles. The van der Waals surface area contributed by atoms with Crippen LogP contribution in [0.15, 0.2) is 60.7 Å². The van der Waals surface area contributed by atoms with E-state index in [1.807, 2.05) is 42.5 Å². The maximum atomic E-state index is 12.1. The maximum Gasteiger partial charge on any atom is 0.309 e. The van der Waals surface area contributed by atoms with Crippen LogP contribution in [-0.4, -0.2) is 29.6 Å². The molecule has 0 aliphatic heterocycles. The van der Waals surface area contributed by atoms with Gasteiger partial charge in [0.15, 0.2) is 0 Å². The lowest BCUT2D eigenvalue weighted by Crippen LogP contribution is -2.30. The van der Waals surface area contributed by atoms with E-state index in [2.05, 4.69) is 0 Å². The minimum atomic E-state index is -0.725. The zero-order valence-corrected chi connectivity index (χ0v) is 17.0. The minimum Gasteiger partial charge on any atom is -0.466 e. The van der Waals surface area contributed by atoms with Crippen molar-refractivity contribution < 1.29 is 24.0 Å². The molecule has 0 radical (unpaired) electrons. The number of rotatable bonds is 10. The van der Waals surface area contributed by atoms with E-state index in [9.17, 15) is 19.7 Å². The van der Waals surface area contributed by atoms with Gasteiger partial charge in [-0.2, -0.15) is 0 Å². The van der Waals surface area contributed by atoms with Gasteiger partial charge in [0.05, 0.1) is 18.0 Å². The van der Waals surface area contributed by atoms with E-state index in [0.29, 0.717) is 6.42 Å². The van der Waals surface area contributed by atoms with Gasteiger partial charge >= 0.3 is 11.9 Å². The number of non-ortho nitro benzene ring substituents is 1. The lowest BCUT2D eigenvalue weighted by Gasteiger charge is -2.24. The van der Waals surface area contributed by atoms with Crippen LogP contribution in [0.5, 0.6) is 0 Å². The number of benzene rings is 2. The molecule has 0 amide bonds. The van der Waals surface area contributed by atoms with Gasteiger partial charge in [0, 0.05) is 25.0 Å². The number of nitrogens with zero attached hydrogens (tertiary/aromatic N) is 1. The average Bonchev–Trinajstić information content (AvgIpc) is 2.71. The van der Waals surface area contributed by atoms with Gasteiger partial charge in [0.1, 0.15) is 6.10 Å². The molecular weight excluding hydrogens is 386 g/mol. The molecule has 0 N–H and O–H groups in total. The Morgan fingerprint density at radius 1 is 1.10 bits per heavy atom. The van der Waals surface area contributed by atoms with Crippen molar-refractivity contribution in [1.82, 2.24) is 0 Å². The van der Waals surface area contributed by atoms with Crippen LogP contribution in [0.25, 0.3) is 6.08 Å². The van der Waals surface area contributed by atoms with Crippen molar-refractivity contribution in [3.63, 3.8) is 0 Å². The summed E-state index contributed by atoms with van der Waals surface area (Å²) >= 11 is 0. The van der Waals surface area contributed by atoms with Gasteiger partial charge in [-0.3, -0.25) is 19.7 Å². The highest BCUT2D eigenvalue weighted by Gasteiger charge is 2.26. The second kappa shape index (κ2) is 11.5. The Kier molecular flexibility index (Phi) is 8.75. The zero-order valence-electron chi connectivity index (χ0n) is 17.0. The second-order valence-electron chi connectivity index (χ2n) is 6.72. The van der Waals surface area contributed by atoms with Gasteiger partial charge in [-0.05, 0) is 24.5 Å². The molecule has 0 fully saturated rings. The van der Waals surface area contributed by atoms with E-state index in [1.54, 1.807) is 19.1 Å². The molecule has 2 rings (SSSR count). The number of nitro groups is 1. The molecule has 0 bridgehead atoms. The first-order valence-corrected chi connectivity index (χ1v) is 9.68. The second-order valence-corrected chi connectivity index (χ2v) is 6.72. The Bertz CT molecular complexity index is 876. The number of nitro benzene ring substituents is 1. The third-order valence-corrected chi connectivity index (χ3v) is 4.42. The number of hydrogen-bond donors (Lipinski definition) is 0. The maximum absolute atomic E-state index is 12.1. The van der Waals surface area contributed by atoms with Crippen molar-refractivity contribution in [2.45, 2.75) is 32.8 Å². The molecule has 0 aromatic heterocycles. The van der Waals surface area contributed by atoms with Crippen LogP contribution in [0.4, 0.5) is 5.69 Å². The van der Waals surface area contributed by atoms with E-state index >= 15 is 0 Å². The van der Waals surface area contributed by atoms with E-state index in [-0.39, 0.29) is 24.6 Å². The van der Waals surface area contributed by atoms with E-state index < -0.39 is 23.0 Å². The van der Waals surface area contributed by atoms with Crippen LogP contribution in [0.2, 0.25) is 0 Å². The monoisotopic (exact) mass is 411 g/mol. The molecule has 0 heterocycles. The highest BCUT2D eigenvalue weighted by atomic mass is 16.6. The fourth-order valence-corrected chi connectivity index (χ4v) is 3.03. The van der Waals surface area contributed by atoms with Crippen LogP contribution in [0.3, 0.4) is 0 Å². The molecule has 7 heteroatoms. The molecule has 2 atom stereocenters. The number of carbonyl (C=O) groups is 2. The summed E-state index contributed by atoms with van der Waals surface area (Å²) in [5.41, 5.74) is 1.78. The SMILES string of the molecule is CCOC(=O)C[C@H](OC(C)=O)[C@@H](/C=C/c1ccccc1)Cc1ccc([N+](=O)[O-])cc1. The summed E-state index contributed by atoms with van der Waals surface area (Å²) in [6.45, 7) is 3.24. The van der Waals surface area contributed by atoms with Crippen LogP contribution in [0.1, 0.15) is 31.4 Å². The standard InChI is InChI=1S/C23H25NO6/c1-3-29-23(26)16-22(30-17(2)25)20(12-9-18-7-5-4-6-8-18)15-19-10-13-21(14-11-19)24(27)28/h4-14,20,22H,3,15-16H2,1-2H3/b12-9+/t20-,22-/m0/s1. The van der Waals surface area contributed by atoms with Crippen molar-refractivity contribution in [3.05, 3.63) is 81.9 Å². The summed E-state index contributed by atoms with van der Waals surface area (Å²) in [6.07, 6.45) is 3.42. The summed E-state index contributed by atoms with van der Waals surface area (Å²) in [6, 6.07) is 15.8. The van der Waals surface area contributed by atoms with E-state index in [1.165, 1.54) is 19.1 Å². The molecule has 0 aliphatic carbocycles. The first kappa shape index (κ1) is 22.8. The van der Waals surface area contributed by atoms with Gasteiger partial charge in [-0.25, -0.2) is 0 Å². The van der Waals surface area contributed by atoms with Crippen LogP contribution >= 0.6 is 0 Å². The summed E-state index contributed by atoms with van der Waals surface area (Å²) in [5.74, 6) is -1.28. The van der Waals surface area contributed by atoms with Crippen molar-refractivity contribution in [2.75, 3.05) is 6.61 Å². The Morgan fingerprint density at radius 2 is 1.77 bits per heavy atom. The largest absolute Gasteiger partial charge is 0.466 e. The van der Waals surface area contributed by atoms with E-state index in [4.69, 9.17) is 9.47 Å². The van der Waals surface area contributed by atoms with Crippen molar-refractivity contribution in [1.29, 1.82) is 0 Å². The summed E-state index contributed by atoms with van der Waals surface area (Å²) in [5, 5.41) is 10.9. The van der Waals surface area contributed by atoms with Gasteiger partial charge in [0.2, 0.25) is 0 Å². The first-order valence-electron chi connectivity index (χ1n) is 9.68. The number of ether oxygens (including phenoxy) is 2. The molecular formula is C23H25NO6. The van der Waals surface area contributed by atoms with E-state index in [0.717, 1.165) is 11.1 Å². The van der Waals surface area contributed by atoms with Gasteiger partial charge in [0.25, 0.3) is 5.69 Å². The third-order valence-electron chi connectivity index (χ3n) is 4.42. The highest BCUT2D eigenvalue weighted by Crippen LogP contribution is 2.23. The average molecular weight is 411 g/mol. The van der Waals surface area contributed by atoms with Crippen molar-refractivity contribution >= 4 is 23.7 Å². The van der Waals surface area contributed by atoms with Gasteiger partial charge < -0.3 is 9.47 Å². The van der Waals surface area contributed by atoms with Crippen LogP contribution in [0, 0.1) is 16.0 Å². The van der Waals surface area contributed by atoms with Gasteiger partial charge in [-0.15, -0.1) is 0 Å². The topological polar surface area (TPSA) is 95.7 Å². The Morgan fingerprint density at radius 3 is 2.33 bits per heavy atom. The third kappa shape index (κ3) is 7.50. The minimum absolute atomic E-state index is 0.00168. The number of carbonyl (C=O) groups excluding carboxylic acids is 2. The summed E-state index contributed by atoms with van der Waals surface area (Å²) < 4.78 is 10.5. The predicted octanol–water partition coefficient (Wildman–Crippen LogP) is 4.35. The Labute approximate surface area is 175 Å². The molecule has 0 spiro atoms. The van der Waals surface area contributed by atoms with Gasteiger partial charge in [-0.1, -0.05) is 54.6 Å². The fourth-order valence-electron chi connectivity index (χ4n) is 3.03. The number of esters is 2. The molecule has 158 valence electrons. The molecule has 0 unspecified atom stereocenters. The molecule has 7 nitrogen and oxygen atoms in total. The van der Waals surface area contributed by atoms with Crippen LogP contribution < -0.4 is 0 Å². The lowest BCUT2D eigenvalue weighted by molar-refractivity contribution is -0.384. The van der Waals surface area contributed by atoms with Crippen molar-refractivity contribution in [3.8, 4) is 0 Å². The molecule has 0 aliphatic rings. The summed E-state index contributed by atoms with van der Waals surface area (Å²) in [7, 11) is 0. The van der Waals surface area contributed by atoms with Crippen molar-refractivity contribution in [2.24, 2.45) is 5.92 Å². The Hall–Kier alpha value is -3.48. The number of hydrogen-bond acceptors (Lipinski definition) is 6. The summed E-state index contributed by atoms with van der Waals surface area (Å²) in [4.78, 5) is 34.2. The highest BCUT2D eigenvalue weighted by molar-refractivity contribution is 5.71. The first-order chi connectivity index (χ1) is 14.4. The molecule has 2 aromatic rings. The predicted molar refractivity (Wildman–Crippen MR) is 113 cm³/mol. The normalized spacial score (nSPS) is 12.9. The zero-order chi connectivity index (χ0) is 21.9. The smallest absolute Gasteiger partial charge is 0.309 e.